The van der Waals surface area contributed by atoms with Gasteiger partial charge < -0.3 is 10.8 Å². The second kappa shape index (κ2) is 1.21. The van der Waals surface area contributed by atoms with E-state index in [1.54, 1.807) is 0 Å². The van der Waals surface area contributed by atoms with Crippen LogP contribution in [0.2, 0.25) is 0 Å². The van der Waals surface area contributed by atoms with Gasteiger partial charge in [-0.1, -0.05) is 0 Å². The Morgan fingerprint density at radius 1 is 1.50 bits per heavy atom. The summed E-state index contributed by atoms with van der Waals surface area (Å²) in [5.41, 5.74) is 5.27. The summed E-state index contributed by atoms with van der Waals surface area (Å²) < 4.78 is 0. The first kappa shape index (κ1) is 4.09. The molecule has 0 spiro atoms. The third kappa shape index (κ3) is 0.420. The maximum atomic E-state index is 8.59. The van der Waals surface area contributed by atoms with Crippen LogP contribution in [0, 0.1) is 0 Å². The maximum Gasteiger partial charge on any atom is 0.0691 e. The van der Waals surface area contributed by atoms with Gasteiger partial charge in [0.2, 0.25) is 0 Å². The van der Waals surface area contributed by atoms with Crippen molar-refractivity contribution in [2.24, 2.45) is 5.73 Å². The van der Waals surface area contributed by atoms with Crippen LogP contribution in [0.3, 0.4) is 0 Å². The van der Waals surface area contributed by atoms with E-state index in [0.29, 0.717) is 0 Å². The van der Waals surface area contributed by atoms with Crippen LogP contribution in [0.15, 0.2) is 0 Å². The Labute approximate surface area is 37.0 Å². The van der Waals surface area contributed by atoms with E-state index < -0.39 is 0 Å². The predicted molar refractivity (Wildman–Crippen MR) is 23.2 cm³/mol. The van der Waals surface area contributed by atoms with Crippen LogP contribution in [0.5, 0.6) is 0 Å². The number of aliphatic hydroxyl groups is 1. The molecular formula is C4H9NO. The molecule has 6 heavy (non-hydrogen) atoms. The second-order valence-electron chi connectivity index (χ2n) is 1.81. The van der Waals surface area contributed by atoms with E-state index in [-0.39, 0.29) is 12.1 Å². The zero-order valence-corrected chi connectivity index (χ0v) is 3.59. The molecule has 0 saturated heterocycles. The topological polar surface area (TPSA) is 46.2 Å². The molecule has 0 radical (unpaired) electrons. The van der Waals surface area contributed by atoms with Crippen LogP contribution >= 0.6 is 0 Å². The molecule has 1 aliphatic rings. The van der Waals surface area contributed by atoms with Gasteiger partial charge in [-0.3, -0.25) is 0 Å². The second-order valence-corrected chi connectivity index (χ2v) is 1.81. The van der Waals surface area contributed by atoms with Crippen molar-refractivity contribution in [1.82, 2.24) is 0 Å². The lowest BCUT2D eigenvalue weighted by Gasteiger charge is -2.27. The van der Waals surface area contributed by atoms with Gasteiger partial charge in [0.25, 0.3) is 0 Å². The Hall–Kier alpha value is -0.0800. The Morgan fingerprint density at radius 3 is 2.00 bits per heavy atom. The van der Waals surface area contributed by atoms with Crippen LogP contribution < -0.4 is 5.73 Å². The van der Waals surface area contributed by atoms with Crippen molar-refractivity contribution in [2.45, 2.75) is 25.0 Å². The Morgan fingerprint density at radius 2 is 2.00 bits per heavy atom. The van der Waals surface area contributed by atoms with Gasteiger partial charge >= 0.3 is 0 Å². The van der Waals surface area contributed by atoms with E-state index in [9.17, 15) is 0 Å². The predicted octanol–water partition coefficient (Wildman–Crippen LogP) is -0.532. The number of hydrogen-bond acceptors (Lipinski definition) is 2. The first-order valence-corrected chi connectivity index (χ1v) is 2.24. The molecule has 1 aliphatic carbocycles. The lowest BCUT2D eigenvalue weighted by atomic mass is 9.90. The van der Waals surface area contributed by atoms with Gasteiger partial charge in [0.15, 0.2) is 0 Å². The van der Waals surface area contributed by atoms with E-state index in [0.717, 1.165) is 12.8 Å². The molecule has 0 aromatic heterocycles. The molecule has 2 nitrogen and oxygen atoms in total. The molecular weight excluding hydrogens is 78.0 g/mol. The third-order valence-corrected chi connectivity index (χ3v) is 1.29. The minimum Gasteiger partial charge on any atom is -0.392 e. The molecule has 36 valence electrons. The first-order valence-electron chi connectivity index (χ1n) is 2.24. The molecule has 1 fully saturated rings. The lowest BCUT2D eigenvalue weighted by molar-refractivity contribution is 0.0693. The molecule has 0 amide bonds. The molecule has 1 rings (SSSR count). The molecule has 0 heterocycles. The average Bonchev–Trinajstić information content (AvgIpc) is 1.61. The molecule has 1 saturated carbocycles. The van der Waals surface area contributed by atoms with Crippen molar-refractivity contribution in [3.8, 4) is 0 Å². The molecule has 0 aliphatic heterocycles. The summed E-state index contributed by atoms with van der Waals surface area (Å²) in [6.07, 6.45) is 1.72. The third-order valence-electron chi connectivity index (χ3n) is 1.29. The quantitative estimate of drug-likeness (QED) is 0.417. The van der Waals surface area contributed by atoms with E-state index >= 15 is 0 Å². The average molecular weight is 87.1 g/mol. The molecule has 2 atom stereocenters. The molecule has 3 N–H and O–H groups in total. The van der Waals surface area contributed by atoms with Crippen LogP contribution in [-0.4, -0.2) is 17.3 Å². The van der Waals surface area contributed by atoms with Crippen LogP contribution in [-0.2, 0) is 0 Å². The Bertz CT molecular complexity index is 47.5. The van der Waals surface area contributed by atoms with Gasteiger partial charge in [0.1, 0.15) is 0 Å². The maximum absolute atomic E-state index is 8.59. The monoisotopic (exact) mass is 87.1 g/mol. The molecule has 0 aromatic rings. The summed E-state index contributed by atoms with van der Waals surface area (Å²) in [6, 6.07) is 0.0880. The van der Waals surface area contributed by atoms with Gasteiger partial charge in [0.05, 0.1) is 6.10 Å². The van der Waals surface area contributed by atoms with Crippen molar-refractivity contribution < 1.29 is 5.11 Å². The van der Waals surface area contributed by atoms with Crippen molar-refractivity contribution >= 4 is 0 Å². The van der Waals surface area contributed by atoms with Crippen molar-refractivity contribution in [3.63, 3.8) is 0 Å². The van der Waals surface area contributed by atoms with Crippen LogP contribution in [0.4, 0.5) is 0 Å². The standard InChI is InChI=1S/C4H9NO/c5-3-1-2-4(3)6/h3-4,6H,1-2,5H2/t3-,4?/m1/s1. The fourth-order valence-corrected chi connectivity index (χ4v) is 0.508. The van der Waals surface area contributed by atoms with E-state index in [1.807, 2.05) is 0 Å². The smallest absolute Gasteiger partial charge is 0.0691 e. The zero-order chi connectivity index (χ0) is 4.57. The Kier molecular flexibility index (Phi) is 0.821. The first-order chi connectivity index (χ1) is 2.80. The zero-order valence-electron chi connectivity index (χ0n) is 3.59. The highest BCUT2D eigenvalue weighted by atomic mass is 16.3. The fraction of sp³-hybridized carbons (Fsp3) is 1.00. The van der Waals surface area contributed by atoms with Crippen LogP contribution in [0.25, 0.3) is 0 Å². The lowest BCUT2D eigenvalue weighted by Crippen LogP contribution is -2.43. The van der Waals surface area contributed by atoms with Gasteiger partial charge in [-0.15, -0.1) is 0 Å². The minimum absolute atomic E-state index is 0.0880. The number of aliphatic hydroxyl groups excluding tert-OH is 1. The van der Waals surface area contributed by atoms with Crippen molar-refractivity contribution in [1.29, 1.82) is 0 Å². The number of nitrogens with two attached hydrogens (primary N) is 1. The summed E-state index contributed by atoms with van der Waals surface area (Å²) in [5.74, 6) is 0. The summed E-state index contributed by atoms with van der Waals surface area (Å²) in [5, 5.41) is 8.59. The minimum atomic E-state index is -0.190. The molecule has 1 unspecified atom stereocenters. The fourth-order valence-electron chi connectivity index (χ4n) is 0.508. The highest BCUT2D eigenvalue weighted by Gasteiger charge is 2.23. The van der Waals surface area contributed by atoms with Gasteiger partial charge in [-0.05, 0) is 12.8 Å². The molecule has 2 heteroatoms. The van der Waals surface area contributed by atoms with Gasteiger partial charge in [0, 0.05) is 6.04 Å². The van der Waals surface area contributed by atoms with Crippen molar-refractivity contribution in [2.75, 3.05) is 0 Å². The highest BCUT2D eigenvalue weighted by molar-refractivity contribution is 4.82. The molecule has 0 aromatic carbocycles. The summed E-state index contributed by atoms with van der Waals surface area (Å²) in [6.45, 7) is 0. The van der Waals surface area contributed by atoms with Crippen LogP contribution in [0.1, 0.15) is 12.8 Å². The SMILES string of the molecule is N[C@@H]1CCC1O. The van der Waals surface area contributed by atoms with Crippen molar-refractivity contribution in [3.05, 3.63) is 0 Å². The van der Waals surface area contributed by atoms with E-state index in [1.165, 1.54) is 0 Å². The van der Waals surface area contributed by atoms with E-state index in [2.05, 4.69) is 0 Å². The largest absolute Gasteiger partial charge is 0.392 e. The highest BCUT2D eigenvalue weighted by Crippen LogP contribution is 2.15. The summed E-state index contributed by atoms with van der Waals surface area (Å²) >= 11 is 0. The van der Waals surface area contributed by atoms with Gasteiger partial charge in [-0.25, -0.2) is 0 Å². The summed E-state index contributed by atoms with van der Waals surface area (Å²) in [4.78, 5) is 0. The number of rotatable bonds is 0. The van der Waals surface area contributed by atoms with E-state index in [4.69, 9.17) is 10.8 Å². The Balaban J connectivity index is 2.20. The van der Waals surface area contributed by atoms with Gasteiger partial charge in [-0.2, -0.15) is 0 Å². The number of hydrogen-bond donors (Lipinski definition) is 2. The summed E-state index contributed by atoms with van der Waals surface area (Å²) in [7, 11) is 0. The normalized spacial score (nSPS) is 45.0. The molecule has 0 bridgehead atoms.